The molecule has 1 aromatic heterocycles. The summed E-state index contributed by atoms with van der Waals surface area (Å²) in [4.78, 5) is 28.2. The molecule has 2 amide bonds. The fourth-order valence-electron chi connectivity index (χ4n) is 2.51. The van der Waals surface area contributed by atoms with Crippen LogP contribution in [0.1, 0.15) is 29.6 Å². The number of carbonyl (C=O) groups excluding carboxylic acids is 2. The van der Waals surface area contributed by atoms with Crippen LogP contribution in [0.5, 0.6) is 0 Å². The average Bonchev–Trinajstić information content (AvgIpc) is 2.91. The summed E-state index contributed by atoms with van der Waals surface area (Å²) in [7, 11) is 1.89. The lowest BCUT2D eigenvalue weighted by atomic mass is 10.2. The van der Waals surface area contributed by atoms with E-state index in [0.29, 0.717) is 19.5 Å². The molecule has 0 spiro atoms. The molecule has 1 saturated heterocycles. The molecular formula is C15H23N3O2S. The molecule has 0 atom stereocenters. The molecule has 1 aromatic rings. The Morgan fingerprint density at radius 2 is 2.00 bits per heavy atom. The monoisotopic (exact) mass is 309 g/mol. The van der Waals surface area contributed by atoms with Gasteiger partial charge in [-0.2, -0.15) is 11.3 Å². The largest absolute Gasteiger partial charge is 0.341 e. The SMILES string of the molecule is CNCCCC(=O)N1CCCN(C(=O)c2ccsc2)CC1. The van der Waals surface area contributed by atoms with Gasteiger partial charge < -0.3 is 15.1 Å². The van der Waals surface area contributed by atoms with Crippen molar-refractivity contribution in [3.8, 4) is 0 Å². The Morgan fingerprint density at radius 3 is 2.71 bits per heavy atom. The van der Waals surface area contributed by atoms with E-state index >= 15 is 0 Å². The highest BCUT2D eigenvalue weighted by atomic mass is 32.1. The number of amides is 2. The van der Waals surface area contributed by atoms with Gasteiger partial charge in [-0.15, -0.1) is 0 Å². The van der Waals surface area contributed by atoms with E-state index in [1.165, 1.54) is 11.3 Å². The molecular weight excluding hydrogens is 286 g/mol. The minimum absolute atomic E-state index is 0.0840. The van der Waals surface area contributed by atoms with E-state index in [-0.39, 0.29) is 11.8 Å². The first-order valence-electron chi connectivity index (χ1n) is 7.46. The second-order valence-corrected chi connectivity index (χ2v) is 6.03. The van der Waals surface area contributed by atoms with Crippen LogP contribution in [0.15, 0.2) is 16.8 Å². The van der Waals surface area contributed by atoms with Gasteiger partial charge in [0.15, 0.2) is 0 Å². The minimum Gasteiger partial charge on any atom is -0.341 e. The smallest absolute Gasteiger partial charge is 0.254 e. The summed E-state index contributed by atoms with van der Waals surface area (Å²) in [6.07, 6.45) is 2.30. The van der Waals surface area contributed by atoms with Crippen LogP contribution in [0.4, 0.5) is 0 Å². The zero-order valence-corrected chi connectivity index (χ0v) is 13.3. The Bertz CT molecular complexity index is 461. The highest BCUT2D eigenvalue weighted by molar-refractivity contribution is 7.08. The van der Waals surface area contributed by atoms with Gasteiger partial charge in [0.2, 0.25) is 5.91 Å². The molecule has 5 nitrogen and oxygen atoms in total. The van der Waals surface area contributed by atoms with Crippen LogP contribution in [0.25, 0.3) is 0 Å². The molecule has 2 rings (SSSR count). The molecule has 0 saturated carbocycles. The molecule has 1 aliphatic heterocycles. The summed E-state index contributed by atoms with van der Waals surface area (Å²) in [5, 5.41) is 6.86. The molecule has 0 aromatic carbocycles. The number of hydrogen-bond donors (Lipinski definition) is 1. The predicted molar refractivity (Wildman–Crippen MR) is 84.6 cm³/mol. The maximum atomic E-state index is 12.3. The topological polar surface area (TPSA) is 52.7 Å². The van der Waals surface area contributed by atoms with Gasteiger partial charge >= 0.3 is 0 Å². The first-order chi connectivity index (χ1) is 10.2. The molecule has 0 aliphatic carbocycles. The number of nitrogens with zero attached hydrogens (tertiary/aromatic N) is 2. The van der Waals surface area contributed by atoms with Crippen molar-refractivity contribution in [3.05, 3.63) is 22.4 Å². The van der Waals surface area contributed by atoms with E-state index < -0.39 is 0 Å². The lowest BCUT2D eigenvalue weighted by Crippen LogP contribution is -2.37. The fraction of sp³-hybridized carbons (Fsp3) is 0.600. The van der Waals surface area contributed by atoms with Gasteiger partial charge in [-0.25, -0.2) is 0 Å². The highest BCUT2D eigenvalue weighted by Gasteiger charge is 2.22. The number of rotatable bonds is 5. The Morgan fingerprint density at radius 1 is 1.24 bits per heavy atom. The zero-order chi connectivity index (χ0) is 15.1. The molecule has 1 fully saturated rings. The normalized spacial score (nSPS) is 15.9. The molecule has 0 radical (unpaired) electrons. The first-order valence-corrected chi connectivity index (χ1v) is 8.40. The Kier molecular flexibility index (Phi) is 6.20. The van der Waals surface area contributed by atoms with Gasteiger partial charge in [0, 0.05) is 38.0 Å². The predicted octanol–water partition coefficient (Wildman–Crippen LogP) is 1.42. The summed E-state index contributed by atoms with van der Waals surface area (Å²) in [5.41, 5.74) is 0.758. The summed E-state index contributed by atoms with van der Waals surface area (Å²) < 4.78 is 0. The third-order valence-electron chi connectivity index (χ3n) is 3.72. The van der Waals surface area contributed by atoms with E-state index in [9.17, 15) is 9.59 Å². The minimum atomic E-state index is 0.0840. The van der Waals surface area contributed by atoms with Crippen molar-refractivity contribution in [3.63, 3.8) is 0 Å². The van der Waals surface area contributed by atoms with Crippen molar-refractivity contribution in [2.75, 3.05) is 39.8 Å². The average molecular weight is 309 g/mol. The molecule has 2 heterocycles. The van der Waals surface area contributed by atoms with Gasteiger partial charge in [-0.3, -0.25) is 9.59 Å². The van der Waals surface area contributed by atoms with Crippen LogP contribution in [0.2, 0.25) is 0 Å². The first kappa shape index (κ1) is 16.0. The lowest BCUT2D eigenvalue weighted by molar-refractivity contribution is -0.131. The van der Waals surface area contributed by atoms with Crippen LogP contribution in [-0.4, -0.2) is 61.4 Å². The molecule has 0 bridgehead atoms. The molecule has 0 unspecified atom stereocenters. The standard InChI is InChI=1S/C15H23N3O2S/c1-16-6-2-4-14(19)17-7-3-8-18(10-9-17)15(20)13-5-11-21-12-13/h5,11-12,16H,2-4,6-10H2,1H3. The van der Waals surface area contributed by atoms with Gasteiger partial charge in [0.25, 0.3) is 5.91 Å². The Balaban J connectivity index is 1.84. The van der Waals surface area contributed by atoms with E-state index in [4.69, 9.17) is 0 Å². The second-order valence-electron chi connectivity index (χ2n) is 5.25. The second kappa shape index (κ2) is 8.14. The summed E-state index contributed by atoms with van der Waals surface area (Å²) >= 11 is 1.54. The Labute approximate surface area is 129 Å². The van der Waals surface area contributed by atoms with E-state index in [0.717, 1.165) is 38.0 Å². The quantitative estimate of drug-likeness (QED) is 0.837. The molecule has 21 heavy (non-hydrogen) atoms. The van der Waals surface area contributed by atoms with Crippen LogP contribution in [0.3, 0.4) is 0 Å². The summed E-state index contributed by atoms with van der Waals surface area (Å²) in [6, 6.07) is 1.86. The van der Waals surface area contributed by atoms with Gasteiger partial charge in [-0.1, -0.05) is 0 Å². The van der Waals surface area contributed by atoms with Crippen LogP contribution in [-0.2, 0) is 4.79 Å². The van der Waals surface area contributed by atoms with Crippen LogP contribution in [0, 0.1) is 0 Å². The highest BCUT2D eigenvalue weighted by Crippen LogP contribution is 2.12. The van der Waals surface area contributed by atoms with Gasteiger partial charge in [0.1, 0.15) is 0 Å². The lowest BCUT2D eigenvalue weighted by Gasteiger charge is -2.22. The van der Waals surface area contributed by atoms with Crippen molar-refractivity contribution in [1.82, 2.24) is 15.1 Å². The van der Waals surface area contributed by atoms with Gasteiger partial charge in [-0.05, 0) is 37.9 Å². The third kappa shape index (κ3) is 4.54. The number of nitrogens with one attached hydrogen (secondary N) is 1. The molecule has 1 N–H and O–H groups in total. The summed E-state index contributed by atoms with van der Waals surface area (Å²) in [5.74, 6) is 0.288. The third-order valence-corrected chi connectivity index (χ3v) is 4.40. The molecule has 6 heteroatoms. The van der Waals surface area contributed by atoms with Crippen LogP contribution < -0.4 is 5.32 Å². The van der Waals surface area contributed by atoms with Crippen molar-refractivity contribution < 1.29 is 9.59 Å². The van der Waals surface area contributed by atoms with E-state index in [1.54, 1.807) is 0 Å². The van der Waals surface area contributed by atoms with E-state index in [2.05, 4.69) is 5.32 Å². The van der Waals surface area contributed by atoms with Gasteiger partial charge in [0.05, 0.1) is 5.56 Å². The Hall–Kier alpha value is -1.40. The number of carbonyl (C=O) groups is 2. The zero-order valence-electron chi connectivity index (χ0n) is 12.5. The van der Waals surface area contributed by atoms with Crippen molar-refractivity contribution in [2.24, 2.45) is 0 Å². The molecule has 116 valence electrons. The van der Waals surface area contributed by atoms with Crippen molar-refractivity contribution in [2.45, 2.75) is 19.3 Å². The van der Waals surface area contributed by atoms with Crippen molar-refractivity contribution >= 4 is 23.2 Å². The maximum absolute atomic E-state index is 12.3. The van der Waals surface area contributed by atoms with Crippen molar-refractivity contribution in [1.29, 1.82) is 0 Å². The molecule has 1 aliphatic rings. The van der Waals surface area contributed by atoms with Crippen LogP contribution >= 0.6 is 11.3 Å². The fourth-order valence-corrected chi connectivity index (χ4v) is 3.14. The summed E-state index contributed by atoms with van der Waals surface area (Å²) in [6.45, 7) is 3.63. The number of thiophene rings is 1. The number of hydrogen-bond acceptors (Lipinski definition) is 4. The maximum Gasteiger partial charge on any atom is 0.254 e. The van der Waals surface area contributed by atoms with E-state index in [1.807, 2.05) is 33.7 Å².